The number of urea groups is 1. The third kappa shape index (κ3) is 4.69. The third-order valence-electron chi connectivity index (χ3n) is 8.21. The molecule has 0 unspecified atom stereocenters. The fourth-order valence-corrected chi connectivity index (χ4v) is 6.11. The first-order chi connectivity index (χ1) is 15.9. The number of ether oxygens (including phenoxy) is 1. The Balaban J connectivity index is 1.58. The summed E-state index contributed by atoms with van der Waals surface area (Å²) >= 11 is 0. The molecule has 3 fully saturated rings. The second kappa shape index (κ2) is 8.83. The molecule has 1 spiro atoms. The number of amides is 2. The van der Waals surface area contributed by atoms with Crippen molar-refractivity contribution in [3.63, 3.8) is 0 Å². The summed E-state index contributed by atoms with van der Waals surface area (Å²) in [6, 6.07) is 10.5. The summed E-state index contributed by atoms with van der Waals surface area (Å²) in [5.41, 5.74) is -0.565. The Labute approximate surface area is 204 Å². The van der Waals surface area contributed by atoms with Crippen LogP contribution in [0.25, 0.3) is 0 Å². The summed E-state index contributed by atoms with van der Waals surface area (Å²) in [6.45, 7) is 6.30. The molecule has 3 aliphatic rings. The van der Waals surface area contributed by atoms with Crippen LogP contribution in [-0.4, -0.2) is 82.3 Å². The summed E-state index contributed by atoms with van der Waals surface area (Å²) in [4.78, 5) is 32.0. The van der Waals surface area contributed by atoms with Gasteiger partial charge < -0.3 is 19.6 Å². The van der Waals surface area contributed by atoms with Crippen molar-refractivity contribution in [2.75, 3.05) is 33.7 Å². The van der Waals surface area contributed by atoms with Gasteiger partial charge in [-0.3, -0.25) is 9.69 Å². The third-order valence-corrected chi connectivity index (χ3v) is 8.21. The summed E-state index contributed by atoms with van der Waals surface area (Å²) < 4.78 is 5.51. The van der Waals surface area contributed by atoms with Crippen molar-refractivity contribution in [2.45, 2.75) is 88.0 Å². The van der Waals surface area contributed by atoms with E-state index in [1.54, 1.807) is 4.90 Å². The number of hydrogen-bond donors (Lipinski definition) is 1. The van der Waals surface area contributed by atoms with Crippen molar-refractivity contribution >= 4 is 12.0 Å². The molecule has 1 saturated heterocycles. The van der Waals surface area contributed by atoms with Gasteiger partial charge in [-0.15, -0.1) is 0 Å². The molecule has 188 valence electrons. The molecule has 1 aromatic carbocycles. The highest BCUT2D eigenvalue weighted by Gasteiger charge is 2.56. The van der Waals surface area contributed by atoms with E-state index in [2.05, 4.69) is 43.3 Å². The molecule has 7 heteroatoms. The standard InChI is InChI=1S/C27H41N3O4/c1-24(2,3)34-22(31)18-29-19-25(30(23(29)32)20-26(33)12-9-13-26)14-16-27(17-15-25,28(4)5)21-10-7-6-8-11-21/h6-8,10-11,33H,9,12-20H2,1-5H3/t25-,27+. The number of carbonyl (C=O) groups excluding carboxylic acids is 2. The Bertz CT molecular complexity index is 896. The summed E-state index contributed by atoms with van der Waals surface area (Å²) in [7, 11) is 4.27. The molecule has 2 aliphatic carbocycles. The SMILES string of the molecule is CN(C)[C@]1(c2ccccc2)CC[C@]2(CC1)CN(CC(=O)OC(C)(C)C)C(=O)N2CC1(O)CCC1. The first-order valence-corrected chi connectivity index (χ1v) is 12.6. The van der Waals surface area contributed by atoms with Gasteiger partial charge in [0.15, 0.2) is 0 Å². The van der Waals surface area contributed by atoms with Crippen molar-refractivity contribution in [1.82, 2.24) is 14.7 Å². The Hall–Kier alpha value is -2.12. The Morgan fingerprint density at radius 3 is 2.18 bits per heavy atom. The lowest BCUT2D eigenvalue weighted by Crippen LogP contribution is -2.59. The number of benzene rings is 1. The van der Waals surface area contributed by atoms with E-state index in [4.69, 9.17) is 4.74 Å². The lowest BCUT2D eigenvalue weighted by atomic mass is 9.67. The van der Waals surface area contributed by atoms with Crippen molar-refractivity contribution in [3.8, 4) is 0 Å². The zero-order chi connectivity index (χ0) is 24.8. The average Bonchev–Trinajstić information content (AvgIpc) is 2.97. The minimum Gasteiger partial charge on any atom is -0.459 e. The molecule has 2 amide bonds. The maximum atomic E-state index is 13.6. The Morgan fingerprint density at radius 2 is 1.68 bits per heavy atom. The highest BCUT2D eigenvalue weighted by atomic mass is 16.6. The molecule has 34 heavy (non-hydrogen) atoms. The number of hydrogen-bond acceptors (Lipinski definition) is 5. The van der Waals surface area contributed by atoms with Crippen molar-refractivity contribution in [2.24, 2.45) is 0 Å². The molecule has 1 aromatic rings. The van der Waals surface area contributed by atoms with Crippen molar-refractivity contribution in [1.29, 1.82) is 0 Å². The monoisotopic (exact) mass is 471 g/mol. The second-order valence-corrected chi connectivity index (χ2v) is 11.9. The smallest absolute Gasteiger partial charge is 0.326 e. The van der Waals surface area contributed by atoms with E-state index in [1.165, 1.54) is 5.56 Å². The number of rotatable bonds is 6. The van der Waals surface area contributed by atoms with Crippen LogP contribution in [0.15, 0.2) is 30.3 Å². The fourth-order valence-electron chi connectivity index (χ4n) is 6.11. The molecule has 4 rings (SSSR count). The van der Waals surface area contributed by atoms with Crippen LogP contribution in [0, 0.1) is 0 Å². The molecule has 0 atom stereocenters. The van der Waals surface area contributed by atoms with Crippen LogP contribution in [0.4, 0.5) is 4.79 Å². The van der Waals surface area contributed by atoms with Gasteiger partial charge in [-0.05, 0) is 85.4 Å². The van der Waals surface area contributed by atoms with Crippen LogP contribution >= 0.6 is 0 Å². The fraction of sp³-hybridized carbons (Fsp3) is 0.704. The number of esters is 1. The van der Waals surface area contributed by atoms with E-state index in [1.807, 2.05) is 31.7 Å². The van der Waals surface area contributed by atoms with Gasteiger partial charge >= 0.3 is 12.0 Å². The summed E-state index contributed by atoms with van der Waals surface area (Å²) in [5, 5.41) is 11.0. The molecular formula is C27H41N3O4. The summed E-state index contributed by atoms with van der Waals surface area (Å²) in [5.74, 6) is -0.386. The molecule has 0 radical (unpaired) electrons. The molecule has 0 bridgehead atoms. The molecule has 1 aliphatic heterocycles. The molecule has 0 aromatic heterocycles. The highest BCUT2D eigenvalue weighted by molar-refractivity contribution is 5.84. The van der Waals surface area contributed by atoms with Crippen LogP contribution in [0.5, 0.6) is 0 Å². The molecule has 1 heterocycles. The van der Waals surface area contributed by atoms with E-state index >= 15 is 0 Å². The first-order valence-electron chi connectivity index (χ1n) is 12.6. The topological polar surface area (TPSA) is 73.3 Å². The van der Waals surface area contributed by atoms with Gasteiger partial charge in [0.25, 0.3) is 0 Å². The van der Waals surface area contributed by atoms with Crippen LogP contribution in [-0.2, 0) is 15.1 Å². The second-order valence-electron chi connectivity index (χ2n) is 11.9. The van der Waals surface area contributed by atoms with E-state index in [-0.39, 0.29) is 29.6 Å². The van der Waals surface area contributed by atoms with Crippen LogP contribution < -0.4 is 0 Å². The minimum atomic E-state index is -0.805. The lowest BCUT2D eigenvalue weighted by Gasteiger charge is -2.52. The highest BCUT2D eigenvalue weighted by Crippen LogP contribution is 2.50. The van der Waals surface area contributed by atoms with Crippen LogP contribution in [0.1, 0.15) is 71.3 Å². The first kappa shape index (κ1) is 25.0. The molecule has 7 nitrogen and oxygen atoms in total. The Kier molecular flexibility index (Phi) is 6.49. The lowest BCUT2D eigenvalue weighted by molar-refractivity contribution is -0.155. The van der Waals surface area contributed by atoms with E-state index in [0.717, 1.165) is 44.9 Å². The van der Waals surface area contributed by atoms with Gasteiger partial charge in [0.2, 0.25) is 0 Å². The van der Waals surface area contributed by atoms with Crippen molar-refractivity contribution < 1.29 is 19.4 Å². The number of carbonyl (C=O) groups is 2. The zero-order valence-electron chi connectivity index (χ0n) is 21.5. The molecule has 2 saturated carbocycles. The normalized spacial score (nSPS) is 29.0. The number of aliphatic hydroxyl groups is 1. The maximum absolute atomic E-state index is 13.6. The van der Waals surface area contributed by atoms with Gasteiger partial charge in [-0.1, -0.05) is 30.3 Å². The van der Waals surface area contributed by atoms with Gasteiger partial charge in [-0.2, -0.15) is 0 Å². The predicted molar refractivity (Wildman–Crippen MR) is 131 cm³/mol. The van der Waals surface area contributed by atoms with Crippen LogP contribution in [0.3, 0.4) is 0 Å². The van der Waals surface area contributed by atoms with Gasteiger partial charge in [0.05, 0.1) is 17.7 Å². The van der Waals surface area contributed by atoms with E-state index in [0.29, 0.717) is 13.1 Å². The quantitative estimate of drug-likeness (QED) is 0.640. The van der Waals surface area contributed by atoms with E-state index < -0.39 is 11.2 Å². The molecule has 1 N–H and O–H groups in total. The maximum Gasteiger partial charge on any atom is 0.326 e. The largest absolute Gasteiger partial charge is 0.459 e. The summed E-state index contributed by atoms with van der Waals surface area (Å²) in [6.07, 6.45) is 5.92. The van der Waals surface area contributed by atoms with Crippen LogP contribution in [0.2, 0.25) is 0 Å². The van der Waals surface area contributed by atoms with E-state index in [9.17, 15) is 14.7 Å². The van der Waals surface area contributed by atoms with Gasteiger partial charge in [-0.25, -0.2) is 4.79 Å². The van der Waals surface area contributed by atoms with Gasteiger partial charge in [0, 0.05) is 12.1 Å². The molecular weight excluding hydrogens is 430 g/mol. The van der Waals surface area contributed by atoms with Gasteiger partial charge in [0.1, 0.15) is 12.1 Å². The number of β-amino-alcohol motifs (C(OH)–C–C–N with tert-alkyl or cyclic N) is 1. The zero-order valence-corrected chi connectivity index (χ0v) is 21.5. The average molecular weight is 472 g/mol. The number of nitrogens with zero attached hydrogens (tertiary/aromatic N) is 3. The van der Waals surface area contributed by atoms with Crippen molar-refractivity contribution in [3.05, 3.63) is 35.9 Å². The minimum absolute atomic E-state index is 0.0513. The predicted octanol–water partition coefficient (Wildman–Crippen LogP) is 3.75. The Morgan fingerprint density at radius 1 is 1.06 bits per heavy atom.